The van der Waals surface area contributed by atoms with Crippen LogP contribution in [0.5, 0.6) is 5.75 Å². The smallest absolute Gasteiger partial charge is 0.126 e. The molecule has 92 valence electrons. The minimum Gasteiger partial charge on any atom is -0.496 e. The number of benzene rings is 1. The highest BCUT2D eigenvalue weighted by atomic mass is 16.5. The van der Waals surface area contributed by atoms with Crippen LogP contribution in [-0.4, -0.2) is 12.1 Å². The lowest BCUT2D eigenvalue weighted by molar-refractivity contribution is 0.414. The van der Waals surface area contributed by atoms with Gasteiger partial charge < -0.3 is 4.74 Å². The Morgan fingerprint density at radius 3 is 2.56 bits per heavy atom. The van der Waals surface area contributed by atoms with Gasteiger partial charge in [-0.1, -0.05) is 25.1 Å². The molecule has 0 spiro atoms. The highest BCUT2D eigenvalue weighted by Crippen LogP contribution is 2.25. The number of nitrogens with zero attached hydrogens (tertiary/aromatic N) is 1. The zero-order chi connectivity index (χ0) is 12.8. The molecule has 0 atom stereocenters. The summed E-state index contributed by atoms with van der Waals surface area (Å²) < 4.78 is 5.37. The summed E-state index contributed by atoms with van der Waals surface area (Å²) >= 11 is 0. The maximum Gasteiger partial charge on any atom is 0.126 e. The fraction of sp³-hybridized carbons (Fsp3) is 0.188. The third kappa shape index (κ3) is 2.77. The molecule has 2 aromatic rings. The van der Waals surface area contributed by atoms with Crippen molar-refractivity contribution < 1.29 is 4.74 Å². The first-order valence-electron chi connectivity index (χ1n) is 6.09. The van der Waals surface area contributed by atoms with Gasteiger partial charge >= 0.3 is 0 Å². The van der Waals surface area contributed by atoms with E-state index in [2.05, 4.69) is 24.1 Å². The van der Waals surface area contributed by atoms with Gasteiger partial charge in [0.15, 0.2) is 0 Å². The number of rotatable bonds is 4. The van der Waals surface area contributed by atoms with Crippen molar-refractivity contribution in [2.75, 3.05) is 7.11 Å². The largest absolute Gasteiger partial charge is 0.496 e. The molecular weight excluding hydrogens is 222 g/mol. The van der Waals surface area contributed by atoms with Gasteiger partial charge in [0.2, 0.25) is 0 Å². The molecule has 0 saturated heterocycles. The van der Waals surface area contributed by atoms with Gasteiger partial charge in [0.25, 0.3) is 0 Å². The number of methoxy groups -OCH3 is 1. The van der Waals surface area contributed by atoms with Crippen LogP contribution in [0.25, 0.3) is 11.6 Å². The van der Waals surface area contributed by atoms with Crippen LogP contribution in [0.3, 0.4) is 0 Å². The number of hydrogen-bond acceptors (Lipinski definition) is 2. The van der Waals surface area contributed by atoms with Crippen LogP contribution in [0, 0.1) is 0 Å². The molecule has 1 aromatic carbocycles. The highest BCUT2D eigenvalue weighted by Gasteiger charge is 2.02. The van der Waals surface area contributed by atoms with Crippen LogP contribution in [0.2, 0.25) is 0 Å². The van der Waals surface area contributed by atoms with E-state index in [0.29, 0.717) is 0 Å². The number of para-hydroxylation sites is 1. The molecule has 1 heterocycles. The van der Waals surface area contributed by atoms with Gasteiger partial charge in [-0.3, -0.25) is 4.98 Å². The molecule has 0 aliphatic carbocycles. The van der Waals surface area contributed by atoms with E-state index in [1.165, 1.54) is 11.1 Å². The standard InChI is InChI=1S/C16H17NO/c1-3-13(14-8-10-17-11-9-14)12-15-6-4-5-7-16(15)18-2/h4-12H,3H2,1-2H3/b13-12-. The average molecular weight is 239 g/mol. The monoisotopic (exact) mass is 239 g/mol. The Labute approximate surface area is 108 Å². The van der Waals surface area contributed by atoms with Crippen LogP contribution in [0.15, 0.2) is 48.8 Å². The van der Waals surface area contributed by atoms with Gasteiger partial charge in [-0.2, -0.15) is 0 Å². The maximum absolute atomic E-state index is 5.37. The second kappa shape index (κ2) is 6.01. The molecule has 0 unspecified atom stereocenters. The first-order chi connectivity index (χ1) is 8.85. The van der Waals surface area contributed by atoms with Crippen molar-refractivity contribution in [2.24, 2.45) is 0 Å². The zero-order valence-electron chi connectivity index (χ0n) is 10.8. The van der Waals surface area contributed by atoms with Crippen LogP contribution in [-0.2, 0) is 0 Å². The van der Waals surface area contributed by atoms with Crippen molar-refractivity contribution in [3.05, 3.63) is 59.9 Å². The summed E-state index contributed by atoms with van der Waals surface area (Å²) in [5.74, 6) is 0.900. The summed E-state index contributed by atoms with van der Waals surface area (Å²) in [5, 5.41) is 0. The van der Waals surface area contributed by atoms with E-state index < -0.39 is 0 Å². The predicted octanol–water partition coefficient (Wildman–Crippen LogP) is 4.04. The molecule has 2 heteroatoms. The lowest BCUT2D eigenvalue weighted by atomic mass is 10.0. The van der Waals surface area contributed by atoms with Crippen molar-refractivity contribution in [3.63, 3.8) is 0 Å². The maximum atomic E-state index is 5.37. The van der Waals surface area contributed by atoms with Crippen molar-refractivity contribution in [1.29, 1.82) is 0 Å². The summed E-state index contributed by atoms with van der Waals surface area (Å²) in [4.78, 5) is 4.05. The predicted molar refractivity (Wildman–Crippen MR) is 75.4 cm³/mol. The van der Waals surface area contributed by atoms with Crippen LogP contribution < -0.4 is 4.74 Å². The van der Waals surface area contributed by atoms with Gasteiger partial charge in [-0.25, -0.2) is 0 Å². The summed E-state index contributed by atoms with van der Waals surface area (Å²) in [6.07, 6.45) is 6.79. The Kier molecular flexibility index (Phi) is 4.13. The highest BCUT2D eigenvalue weighted by molar-refractivity contribution is 5.82. The van der Waals surface area contributed by atoms with E-state index in [1.54, 1.807) is 7.11 Å². The Balaban J connectivity index is 2.41. The summed E-state index contributed by atoms with van der Waals surface area (Å²) in [7, 11) is 1.70. The van der Waals surface area contributed by atoms with Crippen LogP contribution in [0.4, 0.5) is 0 Å². The zero-order valence-corrected chi connectivity index (χ0v) is 10.8. The van der Waals surface area contributed by atoms with E-state index in [1.807, 2.05) is 42.7 Å². The van der Waals surface area contributed by atoms with Gasteiger partial charge in [-0.15, -0.1) is 0 Å². The lowest BCUT2D eigenvalue weighted by Gasteiger charge is -2.08. The van der Waals surface area contributed by atoms with Gasteiger partial charge in [-0.05, 0) is 41.8 Å². The molecule has 0 amide bonds. The number of hydrogen-bond donors (Lipinski definition) is 0. The fourth-order valence-electron chi connectivity index (χ4n) is 1.93. The van der Waals surface area contributed by atoms with Crippen molar-refractivity contribution in [3.8, 4) is 5.75 Å². The molecular formula is C16H17NO. The Morgan fingerprint density at radius 1 is 1.17 bits per heavy atom. The average Bonchev–Trinajstić information content (AvgIpc) is 2.46. The fourth-order valence-corrected chi connectivity index (χ4v) is 1.93. The molecule has 0 radical (unpaired) electrons. The van der Waals surface area contributed by atoms with E-state index >= 15 is 0 Å². The first kappa shape index (κ1) is 12.4. The van der Waals surface area contributed by atoms with Crippen LogP contribution >= 0.6 is 0 Å². The summed E-state index contributed by atoms with van der Waals surface area (Å²) in [5.41, 5.74) is 3.59. The topological polar surface area (TPSA) is 22.1 Å². The number of aromatic nitrogens is 1. The lowest BCUT2D eigenvalue weighted by Crippen LogP contribution is -1.88. The Hall–Kier alpha value is -2.09. The van der Waals surface area contributed by atoms with Crippen LogP contribution in [0.1, 0.15) is 24.5 Å². The van der Waals surface area contributed by atoms with E-state index in [4.69, 9.17) is 4.74 Å². The van der Waals surface area contributed by atoms with Crippen molar-refractivity contribution in [2.45, 2.75) is 13.3 Å². The number of pyridine rings is 1. The molecule has 0 fully saturated rings. The number of allylic oxidation sites excluding steroid dienone is 1. The first-order valence-corrected chi connectivity index (χ1v) is 6.09. The number of ether oxygens (including phenoxy) is 1. The quantitative estimate of drug-likeness (QED) is 0.803. The Bertz CT molecular complexity index is 532. The molecule has 1 aromatic heterocycles. The van der Waals surface area contributed by atoms with E-state index in [-0.39, 0.29) is 0 Å². The molecule has 0 saturated carbocycles. The second-order valence-electron chi connectivity index (χ2n) is 4.00. The normalized spacial score (nSPS) is 11.3. The molecule has 0 N–H and O–H groups in total. The Morgan fingerprint density at radius 2 is 1.89 bits per heavy atom. The molecule has 18 heavy (non-hydrogen) atoms. The van der Waals surface area contributed by atoms with Gasteiger partial charge in [0.1, 0.15) is 5.75 Å². The van der Waals surface area contributed by atoms with Gasteiger partial charge in [0.05, 0.1) is 7.11 Å². The minimum absolute atomic E-state index is 0.900. The summed E-state index contributed by atoms with van der Waals surface area (Å²) in [6, 6.07) is 12.1. The third-order valence-corrected chi connectivity index (χ3v) is 2.90. The second-order valence-corrected chi connectivity index (χ2v) is 4.00. The molecule has 2 nitrogen and oxygen atoms in total. The molecule has 0 aliphatic rings. The SMILES string of the molecule is CC/C(=C/c1ccccc1OC)c1ccncc1. The molecule has 0 bridgehead atoms. The molecule has 2 rings (SSSR count). The third-order valence-electron chi connectivity index (χ3n) is 2.90. The molecule has 0 aliphatic heterocycles. The van der Waals surface area contributed by atoms with Gasteiger partial charge in [0, 0.05) is 18.0 Å². The van der Waals surface area contributed by atoms with Crippen molar-refractivity contribution >= 4 is 11.6 Å². The van der Waals surface area contributed by atoms with E-state index in [0.717, 1.165) is 17.7 Å². The van der Waals surface area contributed by atoms with Crippen molar-refractivity contribution in [1.82, 2.24) is 4.98 Å². The minimum atomic E-state index is 0.900. The van der Waals surface area contributed by atoms with E-state index in [9.17, 15) is 0 Å². The summed E-state index contributed by atoms with van der Waals surface area (Å²) in [6.45, 7) is 2.15.